The van der Waals surface area contributed by atoms with Crippen molar-refractivity contribution in [1.29, 1.82) is 0 Å². The van der Waals surface area contributed by atoms with E-state index >= 15 is 0 Å². The molecule has 0 amide bonds. The molecule has 13 heavy (non-hydrogen) atoms. The van der Waals surface area contributed by atoms with Gasteiger partial charge in [-0.05, 0) is 31.3 Å². The number of rotatable bonds is 2. The van der Waals surface area contributed by atoms with E-state index in [2.05, 4.69) is 26.5 Å². The van der Waals surface area contributed by atoms with E-state index in [0.29, 0.717) is 0 Å². The highest BCUT2D eigenvalue weighted by molar-refractivity contribution is 5.32. The second-order valence-electron chi connectivity index (χ2n) is 3.27. The van der Waals surface area contributed by atoms with Gasteiger partial charge in [0.25, 0.3) is 0 Å². The molecule has 0 saturated carbocycles. The van der Waals surface area contributed by atoms with Gasteiger partial charge < -0.3 is 0 Å². The average molecular weight is 178 g/mol. The maximum Gasteiger partial charge on any atom is -0.0188 e. The van der Waals surface area contributed by atoms with E-state index in [-0.39, 0.29) is 0 Å². The fourth-order valence-corrected chi connectivity index (χ4v) is 1.63. The van der Waals surface area contributed by atoms with Gasteiger partial charge in [0.05, 0.1) is 0 Å². The Kier molecular flexibility index (Phi) is 6.30. The lowest BCUT2D eigenvalue weighted by Gasteiger charge is -2.02. The van der Waals surface area contributed by atoms with Crippen LogP contribution in [0, 0.1) is 5.92 Å². The fourth-order valence-electron chi connectivity index (χ4n) is 1.63. The Morgan fingerprint density at radius 2 is 2.00 bits per heavy atom. The van der Waals surface area contributed by atoms with Gasteiger partial charge >= 0.3 is 0 Å². The largest absolute Gasteiger partial charge is 0.0991 e. The van der Waals surface area contributed by atoms with E-state index in [0.717, 1.165) is 5.92 Å². The van der Waals surface area contributed by atoms with Crippen LogP contribution in [0.4, 0.5) is 0 Å². The molecule has 0 N–H and O–H groups in total. The molecule has 1 atom stereocenters. The summed E-state index contributed by atoms with van der Waals surface area (Å²) in [6.45, 7) is 12.2. The second kappa shape index (κ2) is 6.71. The van der Waals surface area contributed by atoms with Crippen molar-refractivity contribution in [2.75, 3.05) is 0 Å². The van der Waals surface area contributed by atoms with Gasteiger partial charge in [-0.15, -0.1) is 0 Å². The summed E-state index contributed by atoms with van der Waals surface area (Å²) in [6.07, 6.45) is 8.66. The summed E-state index contributed by atoms with van der Waals surface area (Å²) in [6, 6.07) is 0. The van der Waals surface area contributed by atoms with Crippen molar-refractivity contribution in [3.05, 3.63) is 36.0 Å². The standard InChI is InChI=1S/C11H16.C2H6/c1-4-5-6-11-9(2)7-8-10(11)3;1-2/h4-6,9H,1,7-8H2,2-3H3;1-2H3/b6-5-;. The monoisotopic (exact) mass is 178 g/mol. The number of hydrogen-bond donors (Lipinski definition) is 0. The van der Waals surface area contributed by atoms with Crippen molar-refractivity contribution >= 4 is 0 Å². The maximum absolute atomic E-state index is 3.66. The second-order valence-corrected chi connectivity index (χ2v) is 3.27. The Labute approximate surface area is 83.0 Å². The summed E-state index contributed by atoms with van der Waals surface area (Å²) in [4.78, 5) is 0. The maximum atomic E-state index is 3.66. The summed E-state index contributed by atoms with van der Waals surface area (Å²) in [7, 11) is 0. The van der Waals surface area contributed by atoms with E-state index in [4.69, 9.17) is 0 Å². The van der Waals surface area contributed by atoms with Crippen LogP contribution in [0.2, 0.25) is 0 Å². The summed E-state index contributed by atoms with van der Waals surface area (Å²) in [5.41, 5.74) is 3.07. The van der Waals surface area contributed by atoms with E-state index in [1.165, 1.54) is 18.4 Å². The normalized spacial score (nSPS) is 21.7. The van der Waals surface area contributed by atoms with Gasteiger partial charge in [0.2, 0.25) is 0 Å². The first-order valence-electron chi connectivity index (χ1n) is 5.24. The van der Waals surface area contributed by atoms with E-state index < -0.39 is 0 Å². The van der Waals surface area contributed by atoms with Crippen molar-refractivity contribution in [2.45, 2.75) is 40.5 Å². The Bertz CT molecular complexity index is 206. The zero-order valence-corrected chi connectivity index (χ0v) is 9.43. The molecule has 0 aromatic heterocycles. The molecule has 0 heteroatoms. The summed E-state index contributed by atoms with van der Waals surface area (Å²) in [5, 5.41) is 0. The molecule has 0 heterocycles. The van der Waals surface area contributed by atoms with Gasteiger partial charge in [0.1, 0.15) is 0 Å². The molecule has 0 aromatic carbocycles. The van der Waals surface area contributed by atoms with Crippen LogP contribution in [0.3, 0.4) is 0 Å². The van der Waals surface area contributed by atoms with Crippen molar-refractivity contribution in [3.63, 3.8) is 0 Å². The average Bonchev–Trinajstić information content (AvgIpc) is 2.47. The lowest BCUT2D eigenvalue weighted by Crippen LogP contribution is -1.88. The molecule has 1 rings (SSSR count). The summed E-state index contributed by atoms with van der Waals surface area (Å²) in [5.74, 6) is 0.756. The Morgan fingerprint density at radius 3 is 2.38 bits per heavy atom. The van der Waals surface area contributed by atoms with Crippen LogP contribution in [0.25, 0.3) is 0 Å². The predicted octanol–water partition coefficient (Wildman–Crippen LogP) is 4.50. The zero-order valence-electron chi connectivity index (χ0n) is 9.43. The molecule has 1 aliphatic rings. The summed E-state index contributed by atoms with van der Waals surface area (Å²) < 4.78 is 0. The molecule has 0 nitrogen and oxygen atoms in total. The Balaban J connectivity index is 0.000000671. The molecule has 0 aromatic rings. The molecule has 0 saturated heterocycles. The van der Waals surface area contributed by atoms with Gasteiger partial charge in [-0.3, -0.25) is 0 Å². The van der Waals surface area contributed by atoms with Crippen molar-refractivity contribution in [1.82, 2.24) is 0 Å². The molecule has 74 valence electrons. The molecular weight excluding hydrogens is 156 g/mol. The quantitative estimate of drug-likeness (QED) is 0.546. The van der Waals surface area contributed by atoms with Gasteiger partial charge in [0.15, 0.2) is 0 Å². The molecule has 0 bridgehead atoms. The first-order valence-corrected chi connectivity index (χ1v) is 5.24. The van der Waals surface area contributed by atoms with Crippen LogP contribution < -0.4 is 0 Å². The van der Waals surface area contributed by atoms with Crippen LogP contribution in [0.5, 0.6) is 0 Å². The third-order valence-corrected chi connectivity index (χ3v) is 2.39. The van der Waals surface area contributed by atoms with E-state index in [9.17, 15) is 0 Å². The van der Waals surface area contributed by atoms with Crippen LogP contribution in [-0.2, 0) is 0 Å². The third-order valence-electron chi connectivity index (χ3n) is 2.39. The summed E-state index contributed by atoms with van der Waals surface area (Å²) >= 11 is 0. The number of hydrogen-bond acceptors (Lipinski definition) is 0. The number of allylic oxidation sites excluding steroid dienone is 5. The first kappa shape index (κ1) is 12.2. The predicted molar refractivity (Wildman–Crippen MR) is 61.8 cm³/mol. The molecule has 0 radical (unpaired) electrons. The first-order chi connectivity index (χ1) is 6.25. The van der Waals surface area contributed by atoms with Crippen molar-refractivity contribution in [2.24, 2.45) is 5.92 Å². The van der Waals surface area contributed by atoms with Gasteiger partial charge in [-0.2, -0.15) is 0 Å². The minimum absolute atomic E-state index is 0.756. The molecule has 0 aliphatic heterocycles. The Morgan fingerprint density at radius 1 is 1.38 bits per heavy atom. The minimum Gasteiger partial charge on any atom is -0.0991 e. The molecular formula is C13H22. The highest BCUT2D eigenvalue weighted by Crippen LogP contribution is 2.31. The van der Waals surface area contributed by atoms with Crippen molar-refractivity contribution in [3.8, 4) is 0 Å². The van der Waals surface area contributed by atoms with E-state index in [1.54, 1.807) is 5.57 Å². The van der Waals surface area contributed by atoms with Crippen LogP contribution in [-0.4, -0.2) is 0 Å². The Hall–Kier alpha value is -0.780. The highest BCUT2D eigenvalue weighted by atomic mass is 14.2. The van der Waals surface area contributed by atoms with Crippen molar-refractivity contribution < 1.29 is 0 Å². The van der Waals surface area contributed by atoms with Crippen LogP contribution in [0.15, 0.2) is 36.0 Å². The lowest BCUT2D eigenvalue weighted by molar-refractivity contribution is 0.679. The van der Waals surface area contributed by atoms with Gasteiger partial charge in [-0.1, -0.05) is 51.2 Å². The molecule has 1 unspecified atom stereocenters. The van der Waals surface area contributed by atoms with Crippen LogP contribution in [0.1, 0.15) is 40.5 Å². The molecule has 0 fully saturated rings. The van der Waals surface area contributed by atoms with Gasteiger partial charge in [-0.25, -0.2) is 0 Å². The lowest BCUT2D eigenvalue weighted by atomic mass is 10.0. The third kappa shape index (κ3) is 3.63. The van der Waals surface area contributed by atoms with Gasteiger partial charge in [0, 0.05) is 0 Å². The van der Waals surface area contributed by atoms with Crippen LogP contribution >= 0.6 is 0 Å². The molecule has 1 aliphatic carbocycles. The minimum atomic E-state index is 0.756. The SMILES string of the molecule is C=C/C=C\C1=C(C)CCC1C.CC. The van der Waals surface area contributed by atoms with E-state index in [1.807, 2.05) is 26.0 Å². The molecule has 0 spiro atoms. The topological polar surface area (TPSA) is 0 Å². The highest BCUT2D eigenvalue weighted by Gasteiger charge is 2.15. The fraction of sp³-hybridized carbons (Fsp3) is 0.538. The zero-order chi connectivity index (χ0) is 10.3. The smallest absolute Gasteiger partial charge is 0.0188 e.